The van der Waals surface area contributed by atoms with E-state index in [0.29, 0.717) is 11.9 Å². The minimum atomic E-state index is 0.562. The minimum Gasteiger partial charge on any atom is -0.497 e. The largest absolute Gasteiger partial charge is 0.497 e. The third-order valence-corrected chi connectivity index (χ3v) is 3.52. The van der Waals surface area contributed by atoms with Crippen molar-refractivity contribution in [3.8, 4) is 17.1 Å². The fourth-order valence-electron chi connectivity index (χ4n) is 2.24. The third-order valence-electron chi connectivity index (χ3n) is 3.52. The van der Waals surface area contributed by atoms with Crippen LogP contribution in [0.3, 0.4) is 0 Å². The molecule has 0 spiro atoms. The van der Waals surface area contributed by atoms with E-state index in [1.807, 2.05) is 36.4 Å². The molecule has 1 N–H and O–H groups in total. The van der Waals surface area contributed by atoms with Crippen LogP contribution in [0.1, 0.15) is 12.8 Å². The zero-order valence-electron chi connectivity index (χ0n) is 11.7. The molecule has 0 saturated heterocycles. The van der Waals surface area contributed by atoms with Gasteiger partial charge in [0.05, 0.1) is 7.11 Å². The maximum Gasteiger partial charge on any atom is 0.185 e. The first-order valence-corrected chi connectivity index (χ1v) is 6.97. The van der Waals surface area contributed by atoms with E-state index < -0.39 is 0 Å². The van der Waals surface area contributed by atoms with Crippen molar-refractivity contribution in [3.63, 3.8) is 0 Å². The number of benzene rings is 1. The molecule has 3 aromatic rings. The van der Waals surface area contributed by atoms with Crippen LogP contribution in [-0.2, 0) is 0 Å². The molecule has 0 unspecified atom stereocenters. The van der Waals surface area contributed by atoms with Gasteiger partial charge in [0.25, 0.3) is 0 Å². The van der Waals surface area contributed by atoms with Gasteiger partial charge in [0, 0.05) is 11.6 Å². The molecule has 1 fully saturated rings. The van der Waals surface area contributed by atoms with Gasteiger partial charge in [0.2, 0.25) is 0 Å². The van der Waals surface area contributed by atoms with E-state index in [4.69, 9.17) is 4.74 Å². The molecule has 4 rings (SSSR count). The van der Waals surface area contributed by atoms with E-state index in [9.17, 15) is 0 Å². The topological polar surface area (TPSA) is 64.3 Å². The Labute approximate surface area is 121 Å². The summed E-state index contributed by atoms with van der Waals surface area (Å²) in [7, 11) is 1.65. The molecule has 0 radical (unpaired) electrons. The number of fused-ring (bicyclic) bond motifs is 1. The summed E-state index contributed by atoms with van der Waals surface area (Å²) in [6.07, 6.45) is 2.43. The smallest absolute Gasteiger partial charge is 0.185 e. The first-order chi connectivity index (χ1) is 10.3. The average Bonchev–Trinajstić information content (AvgIpc) is 3.24. The van der Waals surface area contributed by atoms with Crippen molar-refractivity contribution in [1.29, 1.82) is 0 Å². The molecule has 106 valence electrons. The lowest BCUT2D eigenvalue weighted by molar-refractivity contribution is 0.415. The van der Waals surface area contributed by atoms with Crippen molar-refractivity contribution in [2.24, 2.45) is 0 Å². The second-order valence-corrected chi connectivity index (χ2v) is 5.16. The van der Waals surface area contributed by atoms with Gasteiger partial charge in [-0.05, 0) is 37.1 Å². The Morgan fingerprint density at radius 1 is 1.19 bits per heavy atom. The standard InChI is InChI=1S/C15H15N5O/c1-21-12-4-2-3-10(9-12)15-18-17-14-8-7-13(19-20(14)15)16-11-5-6-11/h2-4,7-9,11H,5-6H2,1H3,(H,16,19). The van der Waals surface area contributed by atoms with Crippen molar-refractivity contribution >= 4 is 11.5 Å². The maximum absolute atomic E-state index is 5.26. The summed E-state index contributed by atoms with van der Waals surface area (Å²) in [5.41, 5.74) is 1.66. The molecule has 21 heavy (non-hydrogen) atoms. The lowest BCUT2D eigenvalue weighted by atomic mass is 10.2. The highest BCUT2D eigenvalue weighted by atomic mass is 16.5. The van der Waals surface area contributed by atoms with Crippen LogP contribution < -0.4 is 10.1 Å². The van der Waals surface area contributed by atoms with Gasteiger partial charge in [-0.1, -0.05) is 12.1 Å². The number of hydrogen-bond donors (Lipinski definition) is 1. The molecule has 2 aromatic heterocycles. The van der Waals surface area contributed by atoms with E-state index >= 15 is 0 Å². The van der Waals surface area contributed by atoms with Gasteiger partial charge in [-0.2, -0.15) is 4.52 Å². The zero-order chi connectivity index (χ0) is 14.2. The quantitative estimate of drug-likeness (QED) is 0.795. The highest BCUT2D eigenvalue weighted by Crippen LogP contribution is 2.25. The highest BCUT2D eigenvalue weighted by molar-refractivity contribution is 5.61. The van der Waals surface area contributed by atoms with E-state index in [0.717, 1.165) is 22.8 Å². The van der Waals surface area contributed by atoms with Crippen LogP contribution in [0.5, 0.6) is 5.75 Å². The highest BCUT2D eigenvalue weighted by Gasteiger charge is 2.21. The Bertz CT molecular complexity index is 794. The summed E-state index contributed by atoms with van der Waals surface area (Å²) < 4.78 is 7.02. The number of aromatic nitrogens is 4. The molecular formula is C15H15N5O. The molecule has 0 amide bonds. The SMILES string of the molecule is COc1cccc(-c2nnc3ccc(NC4CC4)nn23)c1. The fraction of sp³-hybridized carbons (Fsp3) is 0.267. The van der Waals surface area contributed by atoms with Gasteiger partial charge in [0.1, 0.15) is 11.6 Å². The molecule has 1 aliphatic rings. The van der Waals surface area contributed by atoms with Gasteiger partial charge in [-0.15, -0.1) is 15.3 Å². The Kier molecular flexibility index (Phi) is 2.73. The van der Waals surface area contributed by atoms with Gasteiger partial charge in [-0.25, -0.2) is 0 Å². The fourth-order valence-corrected chi connectivity index (χ4v) is 2.24. The predicted molar refractivity (Wildman–Crippen MR) is 79.4 cm³/mol. The molecule has 1 aromatic carbocycles. The van der Waals surface area contributed by atoms with Crippen LogP contribution in [0, 0.1) is 0 Å². The summed E-state index contributed by atoms with van der Waals surface area (Å²) in [6, 6.07) is 12.2. The molecule has 2 heterocycles. The first-order valence-electron chi connectivity index (χ1n) is 6.97. The van der Waals surface area contributed by atoms with Crippen LogP contribution in [0.25, 0.3) is 17.0 Å². The molecule has 0 atom stereocenters. The van der Waals surface area contributed by atoms with Crippen molar-refractivity contribution in [3.05, 3.63) is 36.4 Å². The van der Waals surface area contributed by atoms with E-state index in [1.54, 1.807) is 11.6 Å². The molecular weight excluding hydrogens is 266 g/mol. The number of nitrogens with zero attached hydrogens (tertiary/aromatic N) is 4. The lowest BCUT2D eigenvalue weighted by Crippen LogP contribution is -2.06. The maximum atomic E-state index is 5.26. The van der Waals surface area contributed by atoms with E-state index in [-0.39, 0.29) is 0 Å². The summed E-state index contributed by atoms with van der Waals surface area (Å²) in [5.74, 6) is 2.36. The van der Waals surface area contributed by atoms with Crippen LogP contribution in [-0.4, -0.2) is 33.0 Å². The van der Waals surface area contributed by atoms with E-state index in [2.05, 4.69) is 20.6 Å². The number of anilines is 1. The number of ether oxygens (including phenoxy) is 1. The zero-order valence-corrected chi connectivity index (χ0v) is 11.7. The van der Waals surface area contributed by atoms with Gasteiger partial charge >= 0.3 is 0 Å². The molecule has 1 aliphatic carbocycles. The summed E-state index contributed by atoms with van der Waals surface area (Å²) in [6.45, 7) is 0. The molecule has 1 saturated carbocycles. The Balaban J connectivity index is 1.79. The number of hydrogen-bond acceptors (Lipinski definition) is 5. The van der Waals surface area contributed by atoms with Crippen LogP contribution in [0.4, 0.5) is 5.82 Å². The van der Waals surface area contributed by atoms with Crippen LogP contribution in [0.2, 0.25) is 0 Å². The third kappa shape index (κ3) is 2.29. The van der Waals surface area contributed by atoms with Crippen molar-refractivity contribution in [2.45, 2.75) is 18.9 Å². The number of methoxy groups -OCH3 is 1. The van der Waals surface area contributed by atoms with E-state index in [1.165, 1.54) is 12.8 Å². The van der Waals surface area contributed by atoms with Crippen molar-refractivity contribution < 1.29 is 4.74 Å². The predicted octanol–water partition coefficient (Wildman–Crippen LogP) is 2.37. The number of rotatable bonds is 4. The molecule has 6 heteroatoms. The number of nitrogens with one attached hydrogen (secondary N) is 1. The monoisotopic (exact) mass is 281 g/mol. The molecule has 0 aliphatic heterocycles. The molecule has 0 bridgehead atoms. The first kappa shape index (κ1) is 12.1. The summed E-state index contributed by atoms with van der Waals surface area (Å²) >= 11 is 0. The summed E-state index contributed by atoms with van der Waals surface area (Å²) in [4.78, 5) is 0. The van der Waals surface area contributed by atoms with Crippen LogP contribution in [0.15, 0.2) is 36.4 Å². The normalized spacial score (nSPS) is 14.3. The second kappa shape index (κ2) is 4.73. The Morgan fingerprint density at radius 3 is 2.90 bits per heavy atom. The van der Waals surface area contributed by atoms with Gasteiger partial charge in [0.15, 0.2) is 11.5 Å². The molecule has 6 nitrogen and oxygen atoms in total. The summed E-state index contributed by atoms with van der Waals surface area (Å²) in [5, 5.41) is 16.4. The minimum absolute atomic E-state index is 0.562. The second-order valence-electron chi connectivity index (χ2n) is 5.16. The van der Waals surface area contributed by atoms with Gasteiger partial charge < -0.3 is 10.1 Å². The van der Waals surface area contributed by atoms with Gasteiger partial charge in [-0.3, -0.25) is 0 Å². The van der Waals surface area contributed by atoms with Crippen molar-refractivity contribution in [2.75, 3.05) is 12.4 Å². The van der Waals surface area contributed by atoms with Crippen molar-refractivity contribution in [1.82, 2.24) is 19.8 Å². The average molecular weight is 281 g/mol. The van der Waals surface area contributed by atoms with Crippen LogP contribution >= 0.6 is 0 Å². The Hall–Kier alpha value is -2.63. The lowest BCUT2D eigenvalue weighted by Gasteiger charge is -2.05. The Morgan fingerprint density at radius 2 is 2.10 bits per heavy atom.